The smallest absolute Gasteiger partial charge is 0.167 e. The third-order valence-corrected chi connectivity index (χ3v) is 3.12. The van der Waals surface area contributed by atoms with Gasteiger partial charge < -0.3 is 10.1 Å². The summed E-state index contributed by atoms with van der Waals surface area (Å²) in [6, 6.07) is 0. The highest BCUT2D eigenvalue weighted by Crippen LogP contribution is 2.18. The minimum Gasteiger partial charge on any atom is -0.497 e. The Morgan fingerprint density at radius 1 is 1.22 bits per heavy atom. The molecule has 2 aliphatic rings. The number of hydrogen-bond acceptors (Lipinski definition) is 4. The molecule has 18 heavy (non-hydrogen) atoms. The van der Waals surface area contributed by atoms with E-state index in [9.17, 15) is 9.59 Å². The van der Waals surface area contributed by atoms with Gasteiger partial charge in [-0.2, -0.15) is 0 Å². The number of carbonyl (C=O) groups excluding carboxylic acids is 2. The maximum absolute atomic E-state index is 11.6. The lowest BCUT2D eigenvalue weighted by atomic mass is 9.93. The van der Waals surface area contributed by atoms with Crippen LogP contribution in [0, 0.1) is 0 Å². The molecule has 0 aromatic rings. The third kappa shape index (κ3) is 2.88. The van der Waals surface area contributed by atoms with Crippen molar-refractivity contribution in [2.45, 2.75) is 32.1 Å². The van der Waals surface area contributed by atoms with Crippen LogP contribution in [0.3, 0.4) is 0 Å². The third-order valence-electron chi connectivity index (χ3n) is 3.12. The van der Waals surface area contributed by atoms with Gasteiger partial charge in [0.2, 0.25) is 0 Å². The molecule has 0 atom stereocenters. The Bertz CT molecular complexity index is 440. The number of rotatable bonds is 3. The largest absolute Gasteiger partial charge is 0.497 e. The van der Waals surface area contributed by atoms with Gasteiger partial charge in [0.25, 0.3) is 0 Å². The van der Waals surface area contributed by atoms with Crippen molar-refractivity contribution in [1.82, 2.24) is 5.32 Å². The Balaban J connectivity index is 2.06. The molecule has 0 saturated heterocycles. The van der Waals surface area contributed by atoms with Crippen molar-refractivity contribution in [3.63, 3.8) is 0 Å². The number of hydrogen-bond donors (Lipinski definition) is 1. The second-order valence-corrected chi connectivity index (χ2v) is 4.42. The van der Waals surface area contributed by atoms with Gasteiger partial charge >= 0.3 is 0 Å². The summed E-state index contributed by atoms with van der Waals surface area (Å²) in [7, 11) is 1.62. The topological polar surface area (TPSA) is 55.4 Å². The minimum absolute atomic E-state index is 0.0577. The summed E-state index contributed by atoms with van der Waals surface area (Å²) in [6.45, 7) is 0. The number of methoxy groups -OCH3 is 1. The van der Waals surface area contributed by atoms with Crippen molar-refractivity contribution in [3.05, 3.63) is 35.4 Å². The van der Waals surface area contributed by atoms with E-state index < -0.39 is 0 Å². The van der Waals surface area contributed by atoms with E-state index in [-0.39, 0.29) is 11.6 Å². The Morgan fingerprint density at radius 2 is 1.94 bits per heavy atom. The molecular formula is C14H17NO3. The number of ketones is 2. The predicted octanol–water partition coefficient (Wildman–Crippen LogP) is 1.99. The number of allylic oxidation sites excluding steroid dienone is 4. The van der Waals surface area contributed by atoms with E-state index in [2.05, 4.69) is 5.32 Å². The molecule has 1 saturated carbocycles. The standard InChI is InChI=1S/C14H17NO3/c1-18-11-5-2-4-10(8-11)15-9-12-13(16)6-3-7-14(12)17/h5,8-9,15H,2-4,6-7H2,1H3. The van der Waals surface area contributed by atoms with Crippen molar-refractivity contribution in [3.8, 4) is 0 Å². The van der Waals surface area contributed by atoms with E-state index in [4.69, 9.17) is 4.74 Å². The summed E-state index contributed by atoms with van der Waals surface area (Å²) in [5, 5.41) is 3.05. The van der Waals surface area contributed by atoms with Crippen LogP contribution >= 0.6 is 0 Å². The van der Waals surface area contributed by atoms with Crippen molar-refractivity contribution in [1.29, 1.82) is 0 Å². The van der Waals surface area contributed by atoms with Gasteiger partial charge in [-0.15, -0.1) is 0 Å². The summed E-state index contributed by atoms with van der Waals surface area (Å²) in [5.41, 5.74) is 1.27. The zero-order valence-electron chi connectivity index (χ0n) is 10.5. The molecular weight excluding hydrogens is 230 g/mol. The second kappa shape index (κ2) is 5.67. The molecule has 0 heterocycles. The first kappa shape index (κ1) is 12.6. The molecule has 2 aliphatic carbocycles. The van der Waals surface area contributed by atoms with E-state index >= 15 is 0 Å². The molecule has 0 aliphatic heterocycles. The Hall–Kier alpha value is -1.84. The first-order valence-corrected chi connectivity index (χ1v) is 6.18. The molecule has 4 nitrogen and oxygen atoms in total. The SMILES string of the molecule is COC1=CCCC(NC=C2C(=O)CCCC2=O)=C1. The monoisotopic (exact) mass is 247 g/mol. The number of ether oxygens (including phenoxy) is 1. The van der Waals surface area contributed by atoms with Crippen LogP contribution in [0.2, 0.25) is 0 Å². The summed E-state index contributed by atoms with van der Waals surface area (Å²) >= 11 is 0. The maximum atomic E-state index is 11.6. The first-order chi connectivity index (χ1) is 8.70. The van der Waals surface area contributed by atoms with Crippen molar-refractivity contribution in [2.75, 3.05) is 7.11 Å². The molecule has 0 bridgehead atoms. The lowest BCUT2D eigenvalue weighted by Gasteiger charge is -2.15. The molecule has 0 radical (unpaired) electrons. The molecule has 0 aromatic heterocycles. The Labute approximate surface area is 106 Å². The van der Waals surface area contributed by atoms with Crippen molar-refractivity contribution >= 4 is 11.6 Å². The number of nitrogens with one attached hydrogen (secondary N) is 1. The zero-order valence-corrected chi connectivity index (χ0v) is 10.5. The maximum Gasteiger partial charge on any atom is 0.167 e. The van der Waals surface area contributed by atoms with Crippen molar-refractivity contribution in [2.24, 2.45) is 0 Å². The fourth-order valence-electron chi connectivity index (χ4n) is 2.09. The fourth-order valence-corrected chi connectivity index (χ4v) is 2.09. The van der Waals surface area contributed by atoms with Gasteiger partial charge in [0, 0.05) is 24.7 Å². The fraction of sp³-hybridized carbons (Fsp3) is 0.429. The molecule has 0 spiro atoms. The quantitative estimate of drug-likeness (QED) is 0.612. The van der Waals surface area contributed by atoms with Crippen molar-refractivity contribution < 1.29 is 14.3 Å². The first-order valence-electron chi connectivity index (χ1n) is 6.18. The van der Waals surface area contributed by atoms with Crippen LogP contribution in [-0.2, 0) is 14.3 Å². The van der Waals surface area contributed by atoms with Gasteiger partial charge in [-0.3, -0.25) is 9.59 Å². The summed E-state index contributed by atoms with van der Waals surface area (Å²) < 4.78 is 5.15. The average molecular weight is 247 g/mol. The van der Waals surface area contributed by atoms with Crippen LogP contribution in [0.5, 0.6) is 0 Å². The molecule has 0 unspecified atom stereocenters. The lowest BCUT2D eigenvalue weighted by Crippen LogP contribution is -2.21. The highest BCUT2D eigenvalue weighted by Gasteiger charge is 2.22. The van der Waals surface area contributed by atoms with Gasteiger partial charge in [0.05, 0.1) is 12.7 Å². The van der Waals surface area contributed by atoms with Crippen LogP contribution in [-0.4, -0.2) is 18.7 Å². The van der Waals surface area contributed by atoms with Gasteiger partial charge in [0.15, 0.2) is 11.6 Å². The highest BCUT2D eigenvalue weighted by atomic mass is 16.5. The van der Waals surface area contributed by atoms with Crippen LogP contribution in [0.25, 0.3) is 0 Å². The molecule has 1 fully saturated rings. The Morgan fingerprint density at radius 3 is 2.61 bits per heavy atom. The average Bonchev–Trinajstić information content (AvgIpc) is 2.38. The lowest BCUT2D eigenvalue weighted by molar-refractivity contribution is -0.123. The zero-order chi connectivity index (χ0) is 13.0. The van der Waals surface area contributed by atoms with Gasteiger partial charge in [0.1, 0.15) is 5.76 Å². The second-order valence-electron chi connectivity index (χ2n) is 4.42. The molecule has 0 aromatic carbocycles. The Kier molecular flexibility index (Phi) is 3.97. The van der Waals surface area contributed by atoms with E-state index in [1.807, 2.05) is 12.2 Å². The summed E-state index contributed by atoms with van der Waals surface area (Å²) in [4.78, 5) is 23.2. The van der Waals surface area contributed by atoms with E-state index in [0.717, 1.165) is 24.3 Å². The van der Waals surface area contributed by atoms with E-state index in [1.165, 1.54) is 0 Å². The van der Waals surface area contributed by atoms with Crippen LogP contribution in [0.1, 0.15) is 32.1 Å². The molecule has 1 N–H and O–H groups in total. The summed E-state index contributed by atoms with van der Waals surface area (Å²) in [6.07, 6.45) is 8.82. The molecule has 4 heteroatoms. The predicted molar refractivity (Wildman–Crippen MR) is 67.5 cm³/mol. The van der Waals surface area contributed by atoms with Crippen LogP contribution < -0.4 is 5.32 Å². The molecule has 96 valence electrons. The van der Waals surface area contributed by atoms with E-state index in [0.29, 0.717) is 24.8 Å². The van der Waals surface area contributed by atoms with Gasteiger partial charge in [-0.25, -0.2) is 0 Å². The minimum atomic E-state index is -0.0577. The van der Waals surface area contributed by atoms with Crippen LogP contribution in [0.15, 0.2) is 35.4 Å². The van der Waals surface area contributed by atoms with E-state index in [1.54, 1.807) is 13.3 Å². The normalized spacial score (nSPS) is 20.2. The molecule has 0 amide bonds. The number of Topliss-reactive ketones (excluding diaryl/α,β-unsaturated/α-hetero) is 2. The number of carbonyl (C=O) groups is 2. The molecule has 2 rings (SSSR count). The summed E-state index contributed by atoms with van der Waals surface area (Å²) in [5.74, 6) is 0.693. The van der Waals surface area contributed by atoms with Gasteiger partial charge in [-0.1, -0.05) is 0 Å². The highest BCUT2D eigenvalue weighted by molar-refractivity contribution is 6.21. The van der Waals surface area contributed by atoms with Gasteiger partial charge in [-0.05, 0) is 31.4 Å². The van der Waals surface area contributed by atoms with Crippen LogP contribution in [0.4, 0.5) is 0 Å².